The van der Waals surface area contributed by atoms with Crippen LogP contribution in [-0.2, 0) is 6.54 Å². The van der Waals surface area contributed by atoms with Crippen LogP contribution in [0.2, 0.25) is 5.02 Å². The Morgan fingerprint density at radius 1 is 1.47 bits per heavy atom. The summed E-state index contributed by atoms with van der Waals surface area (Å²) in [6.45, 7) is 3.09. The maximum atomic E-state index is 6.17. The number of aromatic nitrogens is 2. The SMILES string of the molecule is CCCn1ccnc1Nc1ccc(I)cc1Cl. The third-order valence-electron chi connectivity index (χ3n) is 2.36. The number of anilines is 2. The molecule has 17 heavy (non-hydrogen) atoms. The second kappa shape index (κ2) is 5.73. The third kappa shape index (κ3) is 3.13. The fraction of sp³-hybridized carbons (Fsp3) is 0.250. The van der Waals surface area contributed by atoms with Crippen molar-refractivity contribution in [3.8, 4) is 0 Å². The molecule has 1 aromatic heterocycles. The van der Waals surface area contributed by atoms with Crippen LogP contribution in [-0.4, -0.2) is 9.55 Å². The molecule has 1 heterocycles. The van der Waals surface area contributed by atoms with E-state index in [4.69, 9.17) is 11.6 Å². The second-order valence-corrected chi connectivity index (χ2v) is 5.35. The Bertz CT molecular complexity index is 510. The van der Waals surface area contributed by atoms with Crippen LogP contribution in [0.25, 0.3) is 0 Å². The zero-order chi connectivity index (χ0) is 12.3. The van der Waals surface area contributed by atoms with E-state index >= 15 is 0 Å². The first kappa shape index (κ1) is 12.7. The van der Waals surface area contributed by atoms with Crippen LogP contribution >= 0.6 is 34.2 Å². The summed E-state index contributed by atoms with van der Waals surface area (Å²) in [7, 11) is 0. The van der Waals surface area contributed by atoms with Crippen molar-refractivity contribution in [1.82, 2.24) is 9.55 Å². The molecule has 1 aromatic carbocycles. The van der Waals surface area contributed by atoms with Crippen LogP contribution in [0.4, 0.5) is 11.6 Å². The Morgan fingerprint density at radius 2 is 2.29 bits per heavy atom. The van der Waals surface area contributed by atoms with E-state index in [-0.39, 0.29) is 0 Å². The molecule has 0 unspecified atom stereocenters. The molecule has 0 atom stereocenters. The fourth-order valence-corrected chi connectivity index (χ4v) is 2.47. The summed E-state index contributed by atoms with van der Waals surface area (Å²) < 4.78 is 3.20. The van der Waals surface area contributed by atoms with Crippen LogP contribution in [0.15, 0.2) is 30.6 Å². The molecule has 0 amide bonds. The number of halogens is 2. The standard InChI is InChI=1S/C12H13ClIN3/c1-2-6-17-7-5-15-12(17)16-11-4-3-9(14)8-10(11)13/h3-5,7-8H,2,6H2,1H3,(H,15,16). The highest BCUT2D eigenvalue weighted by molar-refractivity contribution is 14.1. The average molecular weight is 362 g/mol. The largest absolute Gasteiger partial charge is 0.324 e. The van der Waals surface area contributed by atoms with E-state index < -0.39 is 0 Å². The Balaban J connectivity index is 2.22. The first-order valence-electron chi connectivity index (χ1n) is 5.44. The lowest BCUT2D eigenvalue weighted by Gasteiger charge is -2.10. The van der Waals surface area contributed by atoms with Crippen LogP contribution in [0.1, 0.15) is 13.3 Å². The van der Waals surface area contributed by atoms with Crippen LogP contribution in [0.5, 0.6) is 0 Å². The number of hydrogen-bond acceptors (Lipinski definition) is 2. The number of imidazole rings is 1. The summed E-state index contributed by atoms with van der Waals surface area (Å²) in [6.07, 6.45) is 4.83. The van der Waals surface area contributed by atoms with E-state index in [0.29, 0.717) is 5.02 Å². The number of benzene rings is 1. The molecule has 0 aliphatic heterocycles. The molecule has 0 spiro atoms. The topological polar surface area (TPSA) is 29.9 Å². The Kier molecular flexibility index (Phi) is 4.28. The fourth-order valence-electron chi connectivity index (χ4n) is 1.57. The molecule has 90 valence electrons. The molecule has 0 saturated carbocycles. The minimum absolute atomic E-state index is 0.711. The molecule has 2 aromatic rings. The quantitative estimate of drug-likeness (QED) is 0.823. The van der Waals surface area contributed by atoms with Gasteiger partial charge in [-0.2, -0.15) is 0 Å². The van der Waals surface area contributed by atoms with Crippen LogP contribution in [0.3, 0.4) is 0 Å². The predicted molar refractivity (Wildman–Crippen MR) is 80.0 cm³/mol. The van der Waals surface area contributed by atoms with E-state index in [1.807, 2.05) is 24.4 Å². The Morgan fingerprint density at radius 3 is 3.00 bits per heavy atom. The van der Waals surface area contributed by atoms with E-state index in [9.17, 15) is 0 Å². The normalized spacial score (nSPS) is 10.5. The van der Waals surface area contributed by atoms with Gasteiger partial charge < -0.3 is 9.88 Å². The third-order valence-corrected chi connectivity index (χ3v) is 3.34. The molecule has 5 heteroatoms. The van der Waals surface area contributed by atoms with Crippen LogP contribution in [0, 0.1) is 3.57 Å². The van der Waals surface area contributed by atoms with E-state index in [1.54, 1.807) is 6.20 Å². The second-order valence-electron chi connectivity index (χ2n) is 3.69. The number of nitrogens with zero attached hydrogens (tertiary/aromatic N) is 2. The van der Waals surface area contributed by atoms with E-state index in [2.05, 4.69) is 44.4 Å². The molecule has 0 bridgehead atoms. The summed E-state index contributed by atoms with van der Waals surface area (Å²) in [5.74, 6) is 0.829. The van der Waals surface area contributed by atoms with Gasteiger partial charge in [-0.25, -0.2) is 4.98 Å². The van der Waals surface area contributed by atoms with Gasteiger partial charge in [0.1, 0.15) is 0 Å². The van der Waals surface area contributed by atoms with Gasteiger partial charge in [-0.05, 0) is 47.2 Å². The van der Waals surface area contributed by atoms with Crippen molar-refractivity contribution in [2.45, 2.75) is 19.9 Å². The van der Waals surface area contributed by atoms with Crippen molar-refractivity contribution < 1.29 is 0 Å². The Labute approximate surface area is 119 Å². The van der Waals surface area contributed by atoms with Crippen molar-refractivity contribution in [2.24, 2.45) is 0 Å². The molecular formula is C12H13ClIN3. The van der Waals surface area contributed by atoms with Crippen molar-refractivity contribution in [1.29, 1.82) is 0 Å². The molecule has 0 aliphatic carbocycles. The van der Waals surface area contributed by atoms with Gasteiger partial charge in [-0.3, -0.25) is 0 Å². The van der Waals surface area contributed by atoms with Gasteiger partial charge >= 0.3 is 0 Å². The van der Waals surface area contributed by atoms with Crippen LogP contribution < -0.4 is 5.32 Å². The molecule has 0 saturated heterocycles. The zero-order valence-corrected chi connectivity index (χ0v) is 12.4. The summed E-state index contributed by atoms with van der Waals surface area (Å²) in [5, 5.41) is 3.96. The van der Waals surface area contributed by atoms with Crippen molar-refractivity contribution >= 4 is 45.8 Å². The predicted octanol–water partition coefficient (Wildman–Crippen LogP) is 4.29. The first-order valence-corrected chi connectivity index (χ1v) is 6.89. The lowest BCUT2D eigenvalue weighted by atomic mass is 10.3. The lowest BCUT2D eigenvalue weighted by molar-refractivity contribution is 0.686. The number of aryl methyl sites for hydroxylation is 1. The van der Waals surface area contributed by atoms with Gasteiger partial charge in [0.05, 0.1) is 10.7 Å². The monoisotopic (exact) mass is 361 g/mol. The van der Waals surface area contributed by atoms with E-state index in [1.165, 1.54) is 0 Å². The Hall–Kier alpha value is -0.750. The first-order chi connectivity index (χ1) is 8.20. The smallest absolute Gasteiger partial charge is 0.207 e. The maximum absolute atomic E-state index is 6.17. The highest BCUT2D eigenvalue weighted by atomic mass is 127. The van der Waals surface area contributed by atoms with Gasteiger partial charge in [0, 0.05) is 22.5 Å². The van der Waals surface area contributed by atoms with Gasteiger partial charge in [-0.15, -0.1) is 0 Å². The van der Waals surface area contributed by atoms with E-state index in [0.717, 1.165) is 28.2 Å². The summed E-state index contributed by atoms with van der Waals surface area (Å²) in [4.78, 5) is 4.28. The molecule has 2 rings (SSSR count). The van der Waals surface area contributed by atoms with Crippen molar-refractivity contribution in [2.75, 3.05) is 5.32 Å². The van der Waals surface area contributed by atoms with Crippen molar-refractivity contribution in [3.05, 3.63) is 39.2 Å². The summed E-state index contributed by atoms with van der Waals surface area (Å²) in [5.41, 5.74) is 0.885. The molecule has 0 aliphatic rings. The zero-order valence-electron chi connectivity index (χ0n) is 9.45. The minimum atomic E-state index is 0.711. The van der Waals surface area contributed by atoms with Gasteiger partial charge in [0.25, 0.3) is 0 Å². The molecule has 0 fully saturated rings. The van der Waals surface area contributed by atoms with Gasteiger partial charge in [0.2, 0.25) is 5.95 Å². The lowest BCUT2D eigenvalue weighted by Crippen LogP contribution is -2.03. The minimum Gasteiger partial charge on any atom is -0.324 e. The average Bonchev–Trinajstić information content (AvgIpc) is 2.71. The number of hydrogen-bond donors (Lipinski definition) is 1. The van der Waals surface area contributed by atoms with Gasteiger partial charge in [0.15, 0.2) is 0 Å². The van der Waals surface area contributed by atoms with Gasteiger partial charge in [-0.1, -0.05) is 18.5 Å². The molecular weight excluding hydrogens is 349 g/mol. The number of rotatable bonds is 4. The maximum Gasteiger partial charge on any atom is 0.207 e. The molecule has 1 N–H and O–H groups in total. The highest BCUT2D eigenvalue weighted by Gasteiger charge is 2.05. The summed E-state index contributed by atoms with van der Waals surface area (Å²) >= 11 is 8.41. The summed E-state index contributed by atoms with van der Waals surface area (Å²) in [6, 6.07) is 5.91. The van der Waals surface area contributed by atoms with Crippen molar-refractivity contribution in [3.63, 3.8) is 0 Å². The highest BCUT2D eigenvalue weighted by Crippen LogP contribution is 2.26. The molecule has 3 nitrogen and oxygen atoms in total. The molecule has 0 radical (unpaired) electrons. The number of nitrogens with one attached hydrogen (secondary N) is 1.